The van der Waals surface area contributed by atoms with Crippen molar-refractivity contribution in [1.82, 2.24) is 10.6 Å². The van der Waals surface area contributed by atoms with Gasteiger partial charge in [0, 0.05) is 18.4 Å². The zero-order valence-electron chi connectivity index (χ0n) is 15.8. The van der Waals surface area contributed by atoms with Gasteiger partial charge < -0.3 is 26.3 Å². The van der Waals surface area contributed by atoms with Gasteiger partial charge in [-0.25, -0.2) is 0 Å². The van der Waals surface area contributed by atoms with Crippen molar-refractivity contribution in [2.45, 2.75) is 65.5 Å². The highest BCUT2D eigenvalue weighted by Gasteiger charge is 2.29. The minimum atomic E-state index is -1.24. The van der Waals surface area contributed by atoms with E-state index in [9.17, 15) is 19.5 Å². The molecule has 1 saturated carbocycles. The van der Waals surface area contributed by atoms with Crippen LogP contribution in [0.25, 0.3) is 0 Å². The molecule has 7 nitrogen and oxygen atoms in total. The minimum absolute atomic E-state index is 0.0244. The molecule has 0 radical (unpaired) electrons. The van der Waals surface area contributed by atoms with Crippen LogP contribution in [0.15, 0.2) is 0 Å². The van der Waals surface area contributed by atoms with E-state index in [0.717, 1.165) is 12.8 Å². The summed E-state index contributed by atoms with van der Waals surface area (Å²) in [6.07, 6.45) is 3.11. The first-order valence-electron chi connectivity index (χ1n) is 9.25. The number of carbonyl (C=O) groups excluding carboxylic acids is 3. The molecule has 0 spiro atoms. The lowest BCUT2D eigenvalue weighted by molar-refractivity contribution is -0.414. The first-order chi connectivity index (χ1) is 11.6. The van der Waals surface area contributed by atoms with Crippen LogP contribution >= 0.6 is 0 Å². The Bertz CT molecular complexity index is 471. The van der Waals surface area contributed by atoms with Gasteiger partial charge in [-0.15, -0.1) is 0 Å². The molecule has 0 unspecified atom stereocenters. The molecule has 0 aromatic rings. The molecule has 0 aromatic carbocycles. The predicted octanol–water partition coefficient (Wildman–Crippen LogP) is -0.934. The second-order valence-electron chi connectivity index (χ2n) is 7.86. The zero-order chi connectivity index (χ0) is 19.1. The van der Waals surface area contributed by atoms with Crippen molar-refractivity contribution in [3.63, 3.8) is 0 Å². The maximum absolute atomic E-state index is 12.3. The fraction of sp³-hybridized carbons (Fsp3) is 0.833. The fourth-order valence-electron chi connectivity index (χ4n) is 3.08. The first kappa shape index (κ1) is 21.4. The highest BCUT2D eigenvalue weighted by Crippen LogP contribution is 2.28. The Kier molecular flexibility index (Phi) is 8.35. The van der Waals surface area contributed by atoms with Gasteiger partial charge in [-0.1, -0.05) is 27.7 Å². The Balaban J connectivity index is 2.39. The molecule has 2 amide bonds. The molecule has 144 valence electrons. The third kappa shape index (κ3) is 6.65. The minimum Gasteiger partial charge on any atom is -0.548 e. The number of hydrogen-bond donors (Lipinski definition) is 3. The smallest absolute Gasteiger partial charge is 0.278 e. The lowest BCUT2D eigenvalue weighted by Gasteiger charge is -2.30. The van der Waals surface area contributed by atoms with Crippen molar-refractivity contribution < 1.29 is 25.2 Å². The Morgan fingerprint density at radius 1 is 1.04 bits per heavy atom. The van der Waals surface area contributed by atoms with Gasteiger partial charge in [0.25, 0.3) is 5.91 Å². The molecule has 1 fully saturated rings. The molecule has 2 atom stereocenters. The maximum atomic E-state index is 12.3. The van der Waals surface area contributed by atoms with Crippen LogP contribution in [0.4, 0.5) is 0 Å². The molecule has 0 aromatic heterocycles. The normalized spacial score (nSPS) is 23.2. The van der Waals surface area contributed by atoms with Gasteiger partial charge in [-0.05, 0) is 37.5 Å². The molecule has 1 aliphatic rings. The van der Waals surface area contributed by atoms with E-state index in [4.69, 9.17) is 0 Å². The summed E-state index contributed by atoms with van der Waals surface area (Å²) >= 11 is 0. The van der Waals surface area contributed by atoms with E-state index in [-0.39, 0.29) is 35.6 Å². The number of carbonyl (C=O) groups is 3. The van der Waals surface area contributed by atoms with Gasteiger partial charge in [0.05, 0.1) is 12.0 Å². The summed E-state index contributed by atoms with van der Waals surface area (Å²) in [7, 11) is 0. The van der Waals surface area contributed by atoms with Crippen molar-refractivity contribution in [3.05, 3.63) is 0 Å². The number of rotatable bonds is 8. The van der Waals surface area contributed by atoms with Gasteiger partial charge in [0.2, 0.25) is 5.91 Å². The zero-order valence-corrected chi connectivity index (χ0v) is 15.8. The summed E-state index contributed by atoms with van der Waals surface area (Å²) in [4.78, 5) is 35.3. The van der Waals surface area contributed by atoms with E-state index in [1.54, 1.807) is 13.8 Å². The Morgan fingerprint density at radius 2 is 1.60 bits per heavy atom. The van der Waals surface area contributed by atoms with Gasteiger partial charge in [-0.3, -0.25) is 9.59 Å². The quantitative estimate of drug-likeness (QED) is 0.520. The van der Waals surface area contributed by atoms with E-state index in [0.29, 0.717) is 25.3 Å². The van der Waals surface area contributed by atoms with Crippen molar-refractivity contribution in [3.8, 4) is 0 Å². The molecule has 0 saturated heterocycles. The van der Waals surface area contributed by atoms with Crippen LogP contribution in [0, 0.1) is 23.7 Å². The van der Waals surface area contributed by atoms with Crippen LogP contribution < -0.4 is 21.5 Å². The SMILES string of the molecule is CC(C)[C@H]([NH3+])C(=O)NCC1CCC(C(=O)N[C@@H](C(=O)[O-])C(C)C)CC1. The first-order valence-corrected chi connectivity index (χ1v) is 9.25. The summed E-state index contributed by atoms with van der Waals surface area (Å²) in [5.41, 5.74) is 3.87. The number of amides is 2. The molecule has 0 aliphatic heterocycles. The highest BCUT2D eigenvalue weighted by molar-refractivity contribution is 5.84. The van der Waals surface area contributed by atoms with Crippen LogP contribution in [-0.2, 0) is 14.4 Å². The number of hydrogen-bond acceptors (Lipinski definition) is 4. The molecular weight excluding hydrogens is 322 g/mol. The second kappa shape index (κ2) is 9.75. The molecular formula is C18H33N3O4. The maximum Gasteiger partial charge on any atom is 0.278 e. The van der Waals surface area contributed by atoms with E-state index in [2.05, 4.69) is 16.4 Å². The van der Waals surface area contributed by atoms with Crippen molar-refractivity contribution in [2.75, 3.05) is 6.54 Å². The van der Waals surface area contributed by atoms with Crippen LogP contribution in [0.2, 0.25) is 0 Å². The van der Waals surface area contributed by atoms with Gasteiger partial charge in [0.15, 0.2) is 6.04 Å². The van der Waals surface area contributed by atoms with Crippen LogP contribution in [0.3, 0.4) is 0 Å². The topological polar surface area (TPSA) is 126 Å². The molecule has 0 bridgehead atoms. The number of carboxylic acid groups (broad SMARTS) is 1. The summed E-state index contributed by atoms with van der Waals surface area (Å²) in [5, 5.41) is 16.6. The summed E-state index contributed by atoms with van der Waals surface area (Å²) < 4.78 is 0. The molecule has 1 rings (SSSR count). The Hall–Kier alpha value is -1.63. The number of aliphatic carboxylic acids is 1. The second-order valence-corrected chi connectivity index (χ2v) is 7.86. The number of carboxylic acids is 1. The van der Waals surface area contributed by atoms with E-state index >= 15 is 0 Å². The van der Waals surface area contributed by atoms with Crippen molar-refractivity contribution >= 4 is 17.8 Å². The van der Waals surface area contributed by atoms with Crippen LogP contribution in [-0.4, -0.2) is 36.4 Å². The standard InChI is InChI=1S/C18H33N3O4/c1-10(2)14(19)17(23)20-9-12-5-7-13(8-6-12)16(22)21-15(11(3)4)18(24)25/h10-15H,5-9,19H2,1-4H3,(H,20,23)(H,21,22)(H,24,25)/t12?,13?,14-,15+/m0/s1. The molecule has 5 N–H and O–H groups in total. The van der Waals surface area contributed by atoms with E-state index in [1.807, 2.05) is 13.8 Å². The molecule has 0 heterocycles. The largest absolute Gasteiger partial charge is 0.548 e. The summed E-state index contributed by atoms with van der Waals surface area (Å²) in [6.45, 7) is 8.04. The van der Waals surface area contributed by atoms with Crippen molar-refractivity contribution in [1.29, 1.82) is 0 Å². The third-order valence-corrected chi connectivity index (χ3v) is 5.14. The average molecular weight is 355 g/mol. The summed E-state index contributed by atoms with van der Waals surface area (Å²) in [6, 6.07) is -1.20. The van der Waals surface area contributed by atoms with Gasteiger partial charge in [0.1, 0.15) is 0 Å². The van der Waals surface area contributed by atoms with E-state index < -0.39 is 12.0 Å². The molecule has 7 heteroatoms. The van der Waals surface area contributed by atoms with Crippen molar-refractivity contribution in [2.24, 2.45) is 23.7 Å². The predicted molar refractivity (Wildman–Crippen MR) is 91.7 cm³/mol. The molecule has 25 heavy (non-hydrogen) atoms. The molecule has 1 aliphatic carbocycles. The van der Waals surface area contributed by atoms with Gasteiger partial charge >= 0.3 is 0 Å². The fourth-order valence-corrected chi connectivity index (χ4v) is 3.08. The number of nitrogens with one attached hydrogen (secondary N) is 2. The average Bonchev–Trinajstić information content (AvgIpc) is 2.56. The Labute approximate surface area is 150 Å². The monoisotopic (exact) mass is 355 g/mol. The van der Waals surface area contributed by atoms with Crippen LogP contribution in [0.1, 0.15) is 53.4 Å². The third-order valence-electron chi connectivity index (χ3n) is 5.14. The van der Waals surface area contributed by atoms with Gasteiger partial charge in [-0.2, -0.15) is 0 Å². The lowest BCUT2D eigenvalue weighted by Crippen LogP contribution is -2.70. The van der Waals surface area contributed by atoms with Crippen LogP contribution in [0.5, 0.6) is 0 Å². The number of quaternary nitrogens is 1. The Morgan fingerprint density at radius 3 is 2.04 bits per heavy atom. The highest BCUT2D eigenvalue weighted by atomic mass is 16.4. The lowest BCUT2D eigenvalue weighted by atomic mass is 9.81. The summed E-state index contributed by atoms with van der Waals surface area (Å²) in [5.74, 6) is -1.29. The van der Waals surface area contributed by atoms with E-state index in [1.165, 1.54) is 0 Å².